The molecule has 0 aliphatic carbocycles. The van der Waals surface area contributed by atoms with E-state index in [4.69, 9.17) is 9.47 Å². The molecule has 0 unspecified atom stereocenters. The summed E-state index contributed by atoms with van der Waals surface area (Å²) in [7, 11) is 0. The minimum Gasteiger partial charge on any atom is -0.454 e. The van der Waals surface area contributed by atoms with Gasteiger partial charge in [-0.2, -0.15) is 0 Å². The number of para-hydroxylation sites is 1. The molecule has 0 bridgehead atoms. The normalized spacial score (nSPS) is 17.0. The highest BCUT2D eigenvalue weighted by atomic mass is 16.7. The van der Waals surface area contributed by atoms with Crippen molar-refractivity contribution in [3.8, 4) is 22.6 Å². The number of anilines is 1. The van der Waals surface area contributed by atoms with Gasteiger partial charge in [0, 0.05) is 5.56 Å². The van der Waals surface area contributed by atoms with Crippen LogP contribution in [0.4, 0.5) is 5.69 Å². The van der Waals surface area contributed by atoms with Crippen LogP contribution in [0.15, 0.2) is 30.3 Å². The summed E-state index contributed by atoms with van der Waals surface area (Å²) in [6.45, 7) is 0.604. The van der Waals surface area contributed by atoms with Gasteiger partial charge in [-0.1, -0.05) is 12.1 Å². The van der Waals surface area contributed by atoms with Crippen molar-refractivity contribution in [2.45, 2.75) is 6.54 Å². The van der Waals surface area contributed by atoms with Crippen LogP contribution in [0.2, 0.25) is 0 Å². The highest BCUT2D eigenvalue weighted by Gasteiger charge is 2.41. The highest BCUT2D eigenvalue weighted by Crippen LogP contribution is 2.48. The zero-order valence-corrected chi connectivity index (χ0v) is 10.9. The van der Waals surface area contributed by atoms with Gasteiger partial charge < -0.3 is 9.47 Å². The van der Waals surface area contributed by atoms with Crippen LogP contribution >= 0.6 is 0 Å². The molecular formula is C16H9NO4. The van der Waals surface area contributed by atoms with E-state index < -0.39 is 11.7 Å². The summed E-state index contributed by atoms with van der Waals surface area (Å²) >= 11 is 0. The van der Waals surface area contributed by atoms with Crippen LogP contribution < -0.4 is 14.4 Å². The van der Waals surface area contributed by atoms with Crippen molar-refractivity contribution in [1.29, 1.82) is 0 Å². The van der Waals surface area contributed by atoms with Crippen molar-refractivity contribution in [2.24, 2.45) is 0 Å². The summed E-state index contributed by atoms with van der Waals surface area (Å²) in [6, 6.07) is 9.26. The van der Waals surface area contributed by atoms with Gasteiger partial charge in [-0.05, 0) is 29.3 Å². The number of ketones is 1. The zero-order chi connectivity index (χ0) is 14.1. The van der Waals surface area contributed by atoms with Gasteiger partial charge in [0.05, 0.1) is 17.8 Å². The lowest BCUT2D eigenvalue weighted by molar-refractivity contribution is -0.114. The number of carbonyl (C=O) groups is 2. The Labute approximate surface area is 119 Å². The summed E-state index contributed by atoms with van der Waals surface area (Å²) in [4.78, 5) is 25.8. The Hall–Kier alpha value is -2.82. The second kappa shape index (κ2) is 3.44. The van der Waals surface area contributed by atoms with Gasteiger partial charge in [-0.15, -0.1) is 0 Å². The minimum absolute atomic E-state index is 0.215. The average Bonchev–Trinajstić information content (AvgIpc) is 3.05. The Kier molecular flexibility index (Phi) is 1.78. The fourth-order valence-electron chi connectivity index (χ4n) is 3.26. The third-order valence-electron chi connectivity index (χ3n) is 4.21. The molecule has 0 aromatic heterocycles. The predicted molar refractivity (Wildman–Crippen MR) is 73.5 cm³/mol. The molecule has 21 heavy (non-hydrogen) atoms. The molecule has 5 nitrogen and oxygen atoms in total. The van der Waals surface area contributed by atoms with Crippen molar-refractivity contribution in [3.05, 3.63) is 41.5 Å². The second-order valence-corrected chi connectivity index (χ2v) is 5.28. The molecule has 0 saturated heterocycles. The van der Waals surface area contributed by atoms with Gasteiger partial charge in [0.25, 0.3) is 11.7 Å². The lowest BCUT2D eigenvalue weighted by Crippen LogP contribution is -2.31. The van der Waals surface area contributed by atoms with Crippen molar-refractivity contribution >= 4 is 17.4 Å². The van der Waals surface area contributed by atoms with E-state index in [2.05, 4.69) is 0 Å². The van der Waals surface area contributed by atoms with E-state index in [9.17, 15) is 9.59 Å². The first kappa shape index (κ1) is 10.9. The van der Waals surface area contributed by atoms with Crippen LogP contribution in [0, 0.1) is 0 Å². The molecule has 5 heteroatoms. The largest absolute Gasteiger partial charge is 0.454 e. The van der Waals surface area contributed by atoms with Gasteiger partial charge in [-0.25, -0.2) is 0 Å². The van der Waals surface area contributed by atoms with Crippen molar-refractivity contribution in [1.82, 2.24) is 0 Å². The Balaban J connectivity index is 1.83. The van der Waals surface area contributed by atoms with E-state index in [0.29, 0.717) is 23.6 Å². The average molecular weight is 279 g/mol. The van der Waals surface area contributed by atoms with Crippen LogP contribution in [-0.2, 0) is 11.3 Å². The molecule has 0 fully saturated rings. The molecule has 3 heterocycles. The number of carbonyl (C=O) groups excluding carboxylic acids is 2. The van der Waals surface area contributed by atoms with Gasteiger partial charge in [0.2, 0.25) is 6.79 Å². The van der Waals surface area contributed by atoms with E-state index in [0.717, 1.165) is 22.4 Å². The SMILES string of the molecule is O=C1C(=O)N2Cc3cc4c(cc3-c3cccc1c32)OCO4. The fourth-order valence-corrected chi connectivity index (χ4v) is 3.26. The first-order valence-corrected chi connectivity index (χ1v) is 6.66. The maximum atomic E-state index is 12.1. The number of rotatable bonds is 0. The molecule has 5 rings (SSSR count). The first-order valence-electron chi connectivity index (χ1n) is 6.66. The standard InChI is InChI=1S/C16H9NO4/c18-15-10-3-1-2-9-11-5-13-12(20-7-21-13)4-8(11)6-17(14(9)10)16(15)19/h1-5H,6-7H2. The van der Waals surface area contributed by atoms with E-state index in [1.165, 1.54) is 0 Å². The summed E-state index contributed by atoms with van der Waals surface area (Å²) in [5.74, 6) is 0.502. The molecule has 0 radical (unpaired) electrons. The van der Waals surface area contributed by atoms with Gasteiger partial charge in [0.1, 0.15) is 0 Å². The molecule has 2 aromatic rings. The molecule has 0 atom stereocenters. The number of fused-ring (bicyclic) bond motifs is 3. The topological polar surface area (TPSA) is 55.8 Å². The lowest BCUT2D eigenvalue weighted by atomic mass is 9.92. The summed E-state index contributed by atoms with van der Waals surface area (Å²) in [5, 5.41) is 0. The van der Waals surface area contributed by atoms with E-state index in [-0.39, 0.29) is 6.79 Å². The Morgan fingerprint density at radius 3 is 2.57 bits per heavy atom. The van der Waals surface area contributed by atoms with Crippen molar-refractivity contribution < 1.29 is 19.1 Å². The van der Waals surface area contributed by atoms with E-state index in [1.54, 1.807) is 11.0 Å². The Morgan fingerprint density at radius 2 is 1.71 bits per heavy atom. The quantitative estimate of drug-likeness (QED) is 0.693. The number of benzene rings is 2. The van der Waals surface area contributed by atoms with Crippen LogP contribution in [0.5, 0.6) is 11.5 Å². The molecule has 102 valence electrons. The summed E-state index contributed by atoms with van der Waals surface area (Å²) < 4.78 is 10.8. The maximum absolute atomic E-state index is 12.1. The second-order valence-electron chi connectivity index (χ2n) is 5.28. The number of Topliss-reactive ketones (excluding diaryl/α,β-unsaturated/α-hetero) is 1. The van der Waals surface area contributed by atoms with E-state index >= 15 is 0 Å². The molecule has 3 aliphatic rings. The van der Waals surface area contributed by atoms with Crippen LogP contribution in [0.1, 0.15) is 15.9 Å². The molecule has 0 saturated carbocycles. The summed E-state index contributed by atoms with van der Waals surface area (Å²) in [6.07, 6.45) is 0. The number of amides is 1. The number of hydrogen-bond acceptors (Lipinski definition) is 4. The molecular weight excluding hydrogens is 270 g/mol. The molecule has 0 spiro atoms. The Bertz CT molecular complexity index is 856. The lowest BCUT2D eigenvalue weighted by Gasteiger charge is -2.27. The van der Waals surface area contributed by atoms with Gasteiger partial charge in [0.15, 0.2) is 11.5 Å². The number of nitrogens with zero attached hydrogens (tertiary/aromatic N) is 1. The summed E-state index contributed by atoms with van der Waals surface area (Å²) in [5.41, 5.74) is 4.06. The van der Waals surface area contributed by atoms with Gasteiger partial charge >= 0.3 is 0 Å². The molecule has 1 amide bonds. The van der Waals surface area contributed by atoms with E-state index in [1.807, 2.05) is 24.3 Å². The number of hydrogen-bond donors (Lipinski definition) is 0. The maximum Gasteiger partial charge on any atom is 0.299 e. The number of ether oxygens (including phenoxy) is 2. The van der Waals surface area contributed by atoms with Crippen LogP contribution in [0.3, 0.4) is 0 Å². The molecule has 3 aliphatic heterocycles. The van der Waals surface area contributed by atoms with Gasteiger partial charge in [-0.3, -0.25) is 14.5 Å². The highest BCUT2D eigenvalue weighted by molar-refractivity contribution is 6.53. The van der Waals surface area contributed by atoms with Crippen molar-refractivity contribution in [2.75, 3.05) is 11.7 Å². The van der Waals surface area contributed by atoms with Crippen molar-refractivity contribution in [3.63, 3.8) is 0 Å². The third kappa shape index (κ3) is 1.21. The monoisotopic (exact) mass is 279 g/mol. The first-order chi connectivity index (χ1) is 10.2. The Morgan fingerprint density at radius 1 is 0.952 bits per heavy atom. The molecule has 2 aromatic carbocycles. The molecule has 0 N–H and O–H groups in total. The third-order valence-corrected chi connectivity index (χ3v) is 4.21. The fraction of sp³-hybridized carbons (Fsp3) is 0.125. The smallest absolute Gasteiger partial charge is 0.299 e. The minimum atomic E-state index is -0.458. The van der Waals surface area contributed by atoms with Crippen LogP contribution in [0.25, 0.3) is 11.1 Å². The predicted octanol–water partition coefficient (Wildman–Crippen LogP) is 2.13. The zero-order valence-electron chi connectivity index (χ0n) is 10.9. The van der Waals surface area contributed by atoms with Crippen LogP contribution in [-0.4, -0.2) is 18.5 Å².